The van der Waals surface area contributed by atoms with Crippen LogP contribution in [0.15, 0.2) is 0 Å². The summed E-state index contributed by atoms with van der Waals surface area (Å²) in [5.41, 5.74) is -0.436. The number of ether oxygens (including phenoxy) is 1. The van der Waals surface area contributed by atoms with Crippen LogP contribution in [0.2, 0.25) is 0 Å². The average molecular weight is 226 g/mol. The van der Waals surface area contributed by atoms with Crippen molar-refractivity contribution >= 4 is 5.97 Å². The molecule has 2 fully saturated rings. The maximum atomic E-state index is 12.1. The Bertz CT molecular complexity index is 266. The summed E-state index contributed by atoms with van der Waals surface area (Å²) in [6, 6.07) is 1.08. The highest BCUT2D eigenvalue weighted by Gasteiger charge is 2.51. The van der Waals surface area contributed by atoms with Crippen LogP contribution in [0.25, 0.3) is 0 Å². The number of hydrogen-bond donors (Lipinski definition) is 1. The molecular formula is C12H22N2O2. The van der Waals surface area contributed by atoms with Crippen LogP contribution in [0.3, 0.4) is 0 Å². The highest BCUT2D eigenvalue weighted by molar-refractivity contribution is 5.81. The van der Waals surface area contributed by atoms with E-state index in [1.807, 2.05) is 14.0 Å². The zero-order valence-corrected chi connectivity index (χ0v) is 10.5. The summed E-state index contributed by atoms with van der Waals surface area (Å²) in [4.78, 5) is 14.5. The quantitative estimate of drug-likeness (QED) is 0.722. The minimum atomic E-state index is -0.436. The van der Waals surface area contributed by atoms with Crippen LogP contribution in [0.4, 0.5) is 0 Å². The minimum absolute atomic E-state index is 0.0671. The minimum Gasteiger partial charge on any atom is -0.465 e. The number of carbonyl (C=O) groups excluding carboxylic acids is 1. The SMILES string of the molecule is CCOC(=O)C1(NC)CC2CCC(C1)N2C. The average Bonchev–Trinajstić information content (AvgIpc) is 2.54. The van der Waals surface area contributed by atoms with Crippen molar-refractivity contribution in [3.8, 4) is 0 Å². The topological polar surface area (TPSA) is 41.6 Å². The first-order chi connectivity index (χ1) is 7.63. The van der Waals surface area contributed by atoms with Gasteiger partial charge in [-0.15, -0.1) is 0 Å². The van der Waals surface area contributed by atoms with Crippen LogP contribution < -0.4 is 5.32 Å². The number of nitrogens with zero attached hydrogens (tertiary/aromatic N) is 1. The molecule has 2 aliphatic rings. The molecule has 0 radical (unpaired) electrons. The van der Waals surface area contributed by atoms with E-state index in [0.29, 0.717) is 18.7 Å². The van der Waals surface area contributed by atoms with Crippen molar-refractivity contribution in [1.29, 1.82) is 0 Å². The van der Waals surface area contributed by atoms with E-state index in [0.717, 1.165) is 12.8 Å². The Balaban J connectivity index is 2.15. The fourth-order valence-electron chi connectivity index (χ4n) is 3.21. The fourth-order valence-corrected chi connectivity index (χ4v) is 3.21. The lowest BCUT2D eigenvalue weighted by atomic mass is 9.83. The normalized spacial score (nSPS) is 38.7. The third-order valence-corrected chi connectivity index (χ3v) is 4.30. The third-order valence-electron chi connectivity index (χ3n) is 4.30. The number of rotatable bonds is 3. The second-order valence-corrected chi connectivity index (χ2v) is 5.01. The van der Waals surface area contributed by atoms with Gasteiger partial charge in [0.05, 0.1) is 6.61 Å². The third kappa shape index (κ3) is 1.74. The number of likely N-dealkylation sites (N-methyl/N-ethyl adjacent to an activating group) is 1. The van der Waals surface area contributed by atoms with E-state index in [1.165, 1.54) is 12.8 Å². The molecule has 2 unspecified atom stereocenters. The smallest absolute Gasteiger partial charge is 0.326 e. The Kier molecular flexibility index (Phi) is 3.22. The van der Waals surface area contributed by atoms with Gasteiger partial charge in [-0.25, -0.2) is 0 Å². The van der Waals surface area contributed by atoms with Crippen molar-refractivity contribution in [3.05, 3.63) is 0 Å². The van der Waals surface area contributed by atoms with Gasteiger partial charge in [0.1, 0.15) is 5.54 Å². The molecule has 0 aromatic rings. The highest BCUT2D eigenvalue weighted by Crippen LogP contribution is 2.40. The van der Waals surface area contributed by atoms with Crippen molar-refractivity contribution in [1.82, 2.24) is 10.2 Å². The van der Waals surface area contributed by atoms with Crippen LogP contribution >= 0.6 is 0 Å². The molecule has 0 amide bonds. The van der Waals surface area contributed by atoms with E-state index in [2.05, 4.69) is 17.3 Å². The summed E-state index contributed by atoms with van der Waals surface area (Å²) in [7, 11) is 4.05. The van der Waals surface area contributed by atoms with Gasteiger partial charge in [0.25, 0.3) is 0 Å². The predicted molar refractivity (Wildman–Crippen MR) is 62.2 cm³/mol. The Morgan fingerprint density at radius 3 is 2.44 bits per heavy atom. The van der Waals surface area contributed by atoms with Gasteiger partial charge in [-0.2, -0.15) is 0 Å². The Morgan fingerprint density at radius 1 is 1.44 bits per heavy atom. The van der Waals surface area contributed by atoms with Gasteiger partial charge in [-0.3, -0.25) is 4.79 Å². The Morgan fingerprint density at radius 2 is 2.00 bits per heavy atom. The zero-order chi connectivity index (χ0) is 11.8. The van der Waals surface area contributed by atoms with Gasteiger partial charge in [0, 0.05) is 12.1 Å². The maximum absolute atomic E-state index is 12.1. The molecule has 16 heavy (non-hydrogen) atoms. The van der Waals surface area contributed by atoms with E-state index in [1.54, 1.807) is 0 Å². The van der Waals surface area contributed by atoms with Crippen molar-refractivity contribution in [2.75, 3.05) is 20.7 Å². The molecule has 2 heterocycles. The molecule has 0 spiro atoms. The van der Waals surface area contributed by atoms with Crippen LogP contribution in [-0.2, 0) is 9.53 Å². The van der Waals surface area contributed by atoms with Crippen LogP contribution in [0.5, 0.6) is 0 Å². The van der Waals surface area contributed by atoms with Crippen molar-refractivity contribution in [3.63, 3.8) is 0 Å². The molecule has 0 saturated carbocycles. The molecule has 4 nitrogen and oxygen atoms in total. The lowest BCUT2D eigenvalue weighted by molar-refractivity contribution is -0.154. The first-order valence-electron chi connectivity index (χ1n) is 6.21. The molecule has 2 bridgehead atoms. The molecule has 0 aromatic heterocycles. The van der Waals surface area contributed by atoms with Gasteiger partial charge in [0.2, 0.25) is 0 Å². The van der Waals surface area contributed by atoms with Crippen molar-refractivity contribution in [2.24, 2.45) is 0 Å². The largest absolute Gasteiger partial charge is 0.465 e. The summed E-state index contributed by atoms with van der Waals surface area (Å²) in [5, 5.41) is 3.22. The summed E-state index contributed by atoms with van der Waals surface area (Å²) < 4.78 is 5.22. The number of hydrogen-bond acceptors (Lipinski definition) is 4. The standard InChI is InChI=1S/C12H22N2O2/c1-4-16-11(15)12(13-2)7-9-5-6-10(8-12)14(9)3/h9-10,13H,4-8H2,1-3H3. The number of fused-ring (bicyclic) bond motifs is 2. The molecule has 92 valence electrons. The molecule has 4 heteroatoms. The van der Waals surface area contributed by atoms with E-state index in [-0.39, 0.29) is 5.97 Å². The first kappa shape index (κ1) is 11.9. The van der Waals surface area contributed by atoms with Gasteiger partial charge < -0.3 is 15.0 Å². The van der Waals surface area contributed by atoms with Crippen LogP contribution in [0.1, 0.15) is 32.6 Å². The van der Waals surface area contributed by atoms with E-state index >= 15 is 0 Å². The lowest BCUT2D eigenvalue weighted by Crippen LogP contribution is -2.60. The zero-order valence-electron chi connectivity index (χ0n) is 10.5. The molecule has 1 N–H and O–H groups in total. The molecule has 2 saturated heterocycles. The van der Waals surface area contributed by atoms with Gasteiger partial charge in [-0.1, -0.05) is 0 Å². The second-order valence-electron chi connectivity index (χ2n) is 5.01. The summed E-state index contributed by atoms with van der Waals surface area (Å²) in [6.45, 7) is 2.33. The monoisotopic (exact) mass is 226 g/mol. The predicted octanol–water partition coefficient (Wildman–Crippen LogP) is 0.764. The van der Waals surface area contributed by atoms with Gasteiger partial charge in [0.15, 0.2) is 0 Å². The Labute approximate surface area is 97.3 Å². The van der Waals surface area contributed by atoms with Crippen molar-refractivity contribution in [2.45, 2.75) is 50.2 Å². The molecule has 0 aromatic carbocycles. The number of nitrogens with one attached hydrogen (secondary N) is 1. The Hall–Kier alpha value is -0.610. The van der Waals surface area contributed by atoms with E-state index in [9.17, 15) is 4.79 Å². The second kappa shape index (κ2) is 4.34. The molecule has 2 aliphatic heterocycles. The number of carbonyl (C=O) groups is 1. The summed E-state index contributed by atoms with van der Waals surface area (Å²) in [6.07, 6.45) is 4.19. The van der Waals surface area contributed by atoms with Crippen LogP contribution in [0, 0.1) is 0 Å². The summed E-state index contributed by atoms with van der Waals surface area (Å²) >= 11 is 0. The molecule has 0 aliphatic carbocycles. The molecule has 2 rings (SSSR count). The molecule has 2 atom stereocenters. The van der Waals surface area contributed by atoms with Crippen molar-refractivity contribution < 1.29 is 9.53 Å². The summed E-state index contributed by atoms with van der Waals surface area (Å²) in [5.74, 6) is -0.0671. The highest BCUT2D eigenvalue weighted by atomic mass is 16.5. The number of piperidine rings is 1. The fraction of sp³-hybridized carbons (Fsp3) is 0.917. The van der Waals surface area contributed by atoms with E-state index < -0.39 is 5.54 Å². The lowest BCUT2D eigenvalue weighted by Gasteiger charge is -2.43. The maximum Gasteiger partial charge on any atom is 0.326 e. The van der Waals surface area contributed by atoms with Crippen LogP contribution in [-0.4, -0.2) is 49.2 Å². The van der Waals surface area contributed by atoms with Gasteiger partial charge >= 0.3 is 5.97 Å². The number of esters is 1. The molecular weight excluding hydrogens is 204 g/mol. The van der Waals surface area contributed by atoms with Gasteiger partial charge in [-0.05, 0) is 46.7 Å². The first-order valence-corrected chi connectivity index (χ1v) is 6.21. The van der Waals surface area contributed by atoms with E-state index in [4.69, 9.17) is 4.74 Å².